The highest BCUT2D eigenvalue weighted by molar-refractivity contribution is 5.16. The molecule has 0 aliphatic carbocycles. The van der Waals surface area contributed by atoms with E-state index in [1.54, 1.807) is 0 Å². The molecule has 2 nitrogen and oxygen atoms in total. The van der Waals surface area contributed by atoms with Crippen LogP contribution in [0.3, 0.4) is 0 Å². The second-order valence-electron chi connectivity index (χ2n) is 4.10. The van der Waals surface area contributed by atoms with Crippen LogP contribution in [0.1, 0.15) is 11.1 Å². The predicted molar refractivity (Wildman–Crippen MR) is 69.2 cm³/mol. The maximum absolute atomic E-state index is 9.37. The van der Waals surface area contributed by atoms with E-state index in [0.29, 0.717) is 0 Å². The normalized spacial score (nSPS) is 10.7. The zero-order valence-electron chi connectivity index (χ0n) is 9.79. The molecule has 0 unspecified atom stereocenters. The molecule has 88 valence electrons. The van der Waals surface area contributed by atoms with Gasteiger partial charge in [0.15, 0.2) is 0 Å². The van der Waals surface area contributed by atoms with Gasteiger partial charge in [-0.25, -0.2) is 0 Å². The maximum Gasteiger partial charge on any atom is 0.0962 e. The first-order valence-corrected chi connectivity index (χ1v) is 5.79. The van der Waals surface area contributed by atoms with Gasteiger partial charge in [-0.1, -0.05) is 60.7 Å². The van der Waals surface area contributed by atoms with Crippen LogP contribution in [0.5, 0.6) is 0 Å². The number of benzene rings is 2. The van der Waals surface area contributed by atoms with Crippen molar-refractivity contribution >= 4 is 0 Å². The molecule has 2 heteroatoms. The van der Waals surface area contributed by atoms with Gasteiger partial charge in [0.1, 0.15) is 0 Å². The van der Waals surface area contributed by atoms with Gasteiger partial charge >= 0.3 is 0 Å². The minimum absolute atomic E-state index is 0.0732. The van der Waals surface area contributed by atoms with Gasteiger partial charge in [-0.3, -0.25) is 4.90 Å². The van der Waals surface area contributed by atoms with Crippen molar-refractivity contribution in [2.75, 3.05) is 6.73 Å². The van der Waals surface area contributed by atoms with Gasteiger partial charge in [0.25, 0.3) is 0 Å². The van der Waals surface area contributed by atoms with E-state index in [-0.39, 0.29) is 6.73 Å². The van der Waals surface area contributed by atoms with Gasteiger partial charge in [-0.05, 0) is 11.1 Å². The summed E-state index contributed by atoms with van der Waals surface area (Å²) in [6, 6.07) is 20.4. The van der Waals surface area contributed by atoms with Gasteiger partial charge in [0, 0.05) is 13.1 Å². The number of hydrogen-bond donors (Lipinski definition) is 1. The Morgan fingerprint density at radius 3 is 1.47 bits per heavy atom. The Morgan fingerprint density at radius 1 is 0.706 bits per heavy atom. The quantitative estimate of drug-likeness (QED) is 0.794. The fourth-order valence-corrected chi connectivity index (χ4v) is 1.84. The molecule has 0 saturated carbocycles. The van der Waals surface area contributed by atoms with E-state index in [2.05, 4.69) is 24.3 Å². The molecule has 0 aliphatic rings. The van der Waals surface area contributed by atoms with Gasteiger partial charge in [-0.2, -0.15) is 0 Å². The van der Waals surface area contributed by atoms with Crippen molar-refractivity contribution in [1.82, 2.24) is 4.90 Å². The van der Waals surface area contributed by atoms with E-state index < -0.39 is 0 Å². The summed E-state index contributed by atoms with van der Waals surface area (Å²) in [5.41, 5.74) is 2.44. The average Bonchev–Trinajstić information content (AvgIpc) is 2.40. The lowest BCUT2D eigenvalue weighted by atomic mass is 10.2. The summed E-state index contributed by atoms with van der Waals surface area (Å²) in [4.78, 5) is 2.00. The van der Waals surface area contributed by atoms with Crippen LogP contribution in [-0.2, 0) is 13.1 Å². The molecular formula is C15H17NO. The highest BCUT2D eigenvalue weighted by Crippen LogP contribution is 2.08. The Hall–Kier alpha value is -1.64. The highest BCUT2D eigenvalue weighted by atomic mass is 16.3. The molecule has 0 heterocycles. The number of nitrogens with zero attached hydrogens (tertiary/aromatic N) is 1. The molecule has 0 aliphatic heterocycles. The molecule has 0 aromatic heterocycles. The standard InChI is InChI=1S/C15H17NO/c17-13-16(11-14-7-3-1-4-8-14)12-15-9-5-2-6-10-15/h1-10,17H,11-13H2. The molecule has 2 rings (SSSR count). The molecule has 0 atom stereocenters. The minimum Gasteiger partial charge on any atom is -0.381 e. The molecule has 0 saturated heterocycles. The van der Waals surface area contributed by atoms with Crippen LogP contribution in [-0.4, -0.2) is 16.7 Å². The van der Waals surface area contributed by atoms with E-state index in [0.717, 1.165) is 13.1 Å². The van der Waals surface area contributed by atoms with Crippen LogP contribution < -0.4 is 0 Å². The Bertz CT molecular complexity index is 386. The van der Waals surface area contributed by atoms with Crippen molar-refractivity contribution in [2.24, 2.45) is 0 Å². The average molecular weight is 227 g/mol. The first-order valence-electron chi connectivity index (χ1n) is 5.79. The molecule has 0 amide bonds. The summed E-state index contributed by atoms with van der Waals surface area (Å²) < 4.78 is 0. The van der Waals surface area contributed by atoms with Crippen molar-refractivity contribution in [3.05, 3.63) is 71.8 Å². The minimum atomic E-state index is 0.0732. The van der Waals surface area contributed by atoms with E-state index in [1.165, 1.54) is 11.1 Å². The van der Waals surface area contributed by atoms with Crippen LogP contribution in [0.4, 0.5) is 0 Å². The Morgan fingerprint density at radius 2 is 1.12 bits per heavy atom. The zero-order valence-corrected chi connectivity index (χ0v) is 9.79. The third-order valence-electron chi connectivity index (χ3n) is 2.70. The van der Waals surface area contributed by atoms with Gasteiger partial charge in [0.2, 0.25) is 0 Å². The molecule has 1 N–H and O–H groups in total. The second-order valence-corrected chi connectivity index (χ2v) is 4.10. The van der Waals surface area contributed by atoms with E-state index >= 15 is 0 Å². The zero-order chi connectivity index (χ0) is 11.9. The van der Waals surface area contributed by atoms with Crippen LogP contribution in [0.25, 0.3) is 0 Å². The van der Waals surface area contributed by atoms with Crippen molar-refractivity contribution in [1.29, 1.82) is 0 Å². The van der Waals surface area contributed by atoms with Gasteiger partial charge in [-0.15, -0.1) is 0 Å². The molecule has 0 fully saturated rings. The van der Waals surface area contributed by atoms with Gasteiger partial charge < -0.3 is 5.11 Å². The van der Waals surface area contributed by atoms with E-state index in [1.807, 2.05) is 41.3 Å². The Kier molecular flexibility index (Phi) is 4.30. The topological polar surface area (TPSA) is 23.5 Å². The molecule has 2 aromatic carbocycles. The fraction of sp³-hybridized carbons (Fsp3) is 0.200. The maximum atomic E-state index is 9.37. The first-order chi connectivity index (χ1) is 8.38. The largest absolute Gasteiger partial charge is 0.381 e. The monoisotopic (exact) mass is 227 g/mol. The molecule has 0 spiro atoms. The van der Waals surface area contributed by atoms with E-state index in [4.69, 9.17) is 0 Å². The summed E-state index contributed by atoms with van der Waals surface area (Å²) >= 11 is 0. The second kappa shape index (κ2) is 6.18. The smallest absolute Gasteiger partial charge is 0.0962 e. The molecule has 2 aromatic rings. The number of aliphatic hydroxyl groups is 1. The van der Waals surface area contributed by atoms with Crippen molar-refractivity contribution in [3.8, 4) is 0 Å². The van der Waals surface area contributed by atoms with Crippen LogP contribution >= 0.6 is 0 Å². The summed E-state index contributed by atoms with van der Waals surface area (Å²) in [6.07, 6.45) is 0. The summed E-state index contributed by atoms with van der Waals surface area (Å²) in [5.74, 6) is 0. The third kappa shape index (κ3) is 3.70. The lowest BCUT2D eigenvalue weighted by Gasteiger charge is -2.19. The van der Waals surface area contributed by atoms with Crippen molar-refractivity contribution in [2.45, 2.75) is 13.1 Å². The Balaban J connectivity index is 1.98. The lowest BCUT2D eigenvalue weighted by Crippen LogP contribution is -2.23. The van der Waals surface area contributed by atoms with Crippen LogP contribution in [0.15, 0.2) is 60.7 Å². The number of aliphatic hydroxyl groups excluding tert-OH is 1. The predicted octanol–water partition coefficient (Wildman–Crippen LogP) is 2.64. The summed E-state index contributed by atoms with van der Waals surface area (Å²) in [7, 11) is 0. The summed E-state index contributed by atoms with van der Waals surface area (Å²) in [6.45, 7) is 1.61. The van der Waals surface area contributed by atoms with Gasteiger partial charge in [0.05, 0.1) is 6.73 Å². The van der Waals surface area contributed by atoms with Crippen molar-refractivity contribution in [3.63, 3.8) is 0 Å². The molecule has 0 radical (unpaired) electrons. The van der Waals surface area contributed by atoms with Crippen LogP contribution in [0.2, 0.25) is 0 Å². The first kappa shape index (κ1) is 11.8. The molecular weight excluding hydrogens is 210 g/mol. The Labute approximate surface area is 102 Å². The van der Waals surface area contributed by atoms with Crippen LogP contribution in [0, 0.1) is 0 Å². The molecule has 0 bridgehead atoms. The fourth-order valence-electron chi connectivity index (χ4n) is 1.84. The number of hydrogen-bond acceptors (Lipinski definition) is 2. The number of rotatable bonds is 5. The third-order valence-corrected chi connectivity index (χ3v) is 2.70. The highest BCUT2D eigenvalue weighted by Gasteiger charge is 2.04. The molecule has 17 heavy (non-hydrogen) atoms. The summed E-state index contributed by atoms with van der Waals surface area (Å²) in [5, 5.41) is 9.37. The van der Waals surface area contributed by atoms with Crippen molar-refractivity contribution < 1.29 is 5.11 Å². The SMILES string of the molecule is OCN(Cc1ccccc1)Cc1ccccc1. The lowest BCUT2D eigenvalue weighted by molar-refractivity contribution is 0.0939. The van der Waals surface area contributed by atoms with E-state index in [9.17, 15) is 5.11 Å².